The van der Waals surface area contributed by atoms with Crippen molar-refractivity contribution in [2.75, 3.05) is 6.61 Å². The molecule has 0 unspecified atom stereocenters. The molecule has 0 aromatic rings. The van der Waals surface area contributed by atoms with Gasteiger partial charge in [-0.3, -0.25) is 0 Å². The third-order valence-electron chi connectivity index (χ3n) is 2.81. The summed E-state index contributed by atoms with van der Waals surface area (Å²) >= 11 is 0. The van der Waals surface area contributed by atoms with Crippen molar-refractivity contribution in [2.24, 2.45) is 17.8 Å². The highest BCUT2D eigenvalue weighted by molar-refractivity contribution is 4.78. The molecule has 0 aliphatic heterocycles. The average molecular weight is 142 g/mol. The first-order chi connectivity index (χ1) is 4.75. The van der Waals surface area contributed by atoms with Crippen LogP contribution in [0.4, 0.5) is 0 Å². The van der Waals surface area contributed by atoms with Crippen molar-refractivity contribution in [3.05, 3.63) is 0 Å². The number of hydrogen-bond acceptors (Lipinski definition) is 1. The van der Waals surface area contributed by atoms with Crippen molar-refractivity contribution in [1.82, 2.24) is 0 Å². The first kappa shape index (κ1) is 8.06. The van der Waals surface area contributed by atoms with E-state index in [2.05, 4.69) is 13.8 Å². The molecule has 1 N–H and O–H groups in total. The van der Waals surface area contributed by atoms with Gasteiger partial charge in [-0.1, -0.05) is 20.3 Å². The van der Waals surface area contributed by atoms with E-state index in [9.17, 15) is 0 Å². The predicted molar refractivity (Wildman–Crippen MR) is 42.8 cm³/mol. The molecule has 1 fully saturated rings. The molecule has 1 nitrogen and oxygen atoms in total. The molecule has 0 spiro atoms. The first-order valence-corrected chi connectivity index (χ1v) is 4.36. The molecule has 2 atom stereocenters. The van der Waals surface area contributed by atoms with Gasteiger partial charge in [0.05, 0.1) is 0 Å². The first-order valence-electron chi connectivity index (χ1n) is 4.36. The van der Waals surface area contributed by atoms with Crippen LogP contribution in [0, 0.1) is 17.8 Å². The van der Waals surface area contributed by atoms with Gasteiger partial charge in [0.15, 0.2) is 0 Å². The van der Waals surface area contributed by atoms with Crippen LogP contribution < -0.4 is 0 Å². The van der Waals surface area contributed by atoms with Crippen molar-refractivity contribution in [3.63, 3.8) is 0 Å². The average Bonchev–Trinajstić information content (AvgIpc) is 2.33. The molecule has 0 aromatic heterocycles. The fraction of sp³-hybridized carbons (Fsp3) is 1.00. The lowest BCUT2D eigenvalue weighted by Crippen LogP contribution is -2.17. The van der Waals surface area contributed by atoms with Crippen molar-refractivity contribution in [1.29, 1.82) is 0 Å². The Kier molecular flexibility index (Phi) is 2.72. The maximum atomic E-state index is 8.99. The minimum Gasteiger partial charge on any atom is -0.396 e. The van der Waals surface area contributed by atoms with Crippen LogP contribution in [0.25, 0.3) is 0 Å². The largest absolute Gasteiger partial charge is 0.396 e. The zero-order valence-electron chi connectivity index (χ0n) is 7.01. The summed E-state index contributed by atoms with van der Waals surface area (Å²) in [5.41, 5.74) is 0. The van der Waals surface area contributed by atoms with Gasteiger partial charge in [-0.2, -0.15) is 0 Å². The SMILES string of the molecule is CC(C)[C@@H]1CCC[C@@H]1CO. The Labute approximate surface area is 63.4 Å². The minimum absolute atomic E-state index is 0.406. The van der Waals surface area contributed by atoms with Crippen LogP contribution in [0.3, 0.4) is 0 Å². The number of hydrogen-bond donors (Lipinski definition) is 1. The van der Waals surface area contributed by atoms with Crippen molar-refractivity contribution < 1.29 is 5.11 Å². The second-order valence-corrected chi connectivity index (χ2v) is 3.78. The predicted octanol–water partition coefficient (Wildman–Crippen LogP) is 2.05. The molecule has 1 aliphatic carbocycles. The normalized spacial score (nSPS) is 33.6. The smallest absolute Gasteiger partial charge is 0.0462 e. The van der Waals surface area contributed by atoms with E-state index in [0.717, 1.165) is 11.8 Å². The van der Waals surface area contributed by atoms with Crippen LogP contribution in [0.2, 0.25) is 0 Å². The second-order valence-electron chi connectivity index (χ2n) is 3.78. The third-order valence-corrected chi connectivity index (χ3v) is 2.81. The fourth-order valence-electron chi connectivity index (χ4n) is 2.17. The fourth-order valence-corrected chi connectivity index (χ4v) is 2.17. The Bertz CT molecular complexity index is 98.9. The van der Waals surface area contributed by atoms with Crippen LogP contribution in [-0.2, 0) is 0 Å². The van der Waals surface area contributed by atoms with Crippen LogP contribution in [0.1, 0.15) is 33.1 Å². The summed E-state index contributed by atoms with van der Waals surface area (Å²) in [5, 5.41) is 8.99. The monoisotopic (exact) mass is 142 g/mol. The van der Waals surface area contributed by atoms with Crippen LogP contribution in [0.15, 0.2) is 0 Å². The van der Waals surface area contributed by atoms with Gasteiger partial charge in [0.25, 0.3) is 0 Å². The zero-order chi connectivity index (χ0) is 7.56. The summed E-state index contributed by atoms with van der Waals surface area (Å²) in [5.74, 6) is 2.17. The molecule has 0 saturated heterocycles. The van der Waals surface area contributed by atoms with Crippen LogP contribution >= 0.6 is 0 Å². The van der Waals surface area contributed by atoms with Crippen LogP contribution in [0.5, 0.6) is 0 Å². The van der Waals surface area contributed by atoms with Gasteiger partial charge in [-0.05, 0) is 30.6 Å². The lowest BCUT2D eigenvalue weighted by Gasteiger charge is -2.20. The Morgan fingerprint density at radius 1 is 1.40 bits per heavy atom. The van der Waals surface area contributed by atoms with E-state index in [4.69, 9.17) is 5.11 Å². The Hall–Kier alpha value is -0.0400. The summed E-state index contributed by atoms with van der Waals surface area (Å²) in [6.45, 7) is 4.93. The van der Waals surface area contributed by atoms with Gasteiger partial charge in [0, 0.05) is 6.61 Å². The highest BCUT2D eigenvalue weighted by Crippen LogP contribution is 2.36. The molecule has 1 heteroatoms. The highest BCUT2D eigenvalue weighted by atomic mass is 16.3. The standard InChI is InChI=1S/C9H18O/c1-7(2)9-5-3-4-8(9)6-10/h7-10H,3-6H2,1-2H3/t8-,9+/m1/s1. The van der Waals surface area contributed by atoms with E-state index in [1.165, 1.54) is 19.3 Å². The lowest BCUT2D eigenvalue weighted by molar-refractivity contribution is 0.170. The Morgan fingerprint density at radius 3 is 2.50 bits per heavy atom. The van der Waals surface area contributed by atoms with E-state index >= 15 is 0 Å². The Balaban J connectivity index is 2.42. The van der Waals surface area contributed by atoms with Gasteiger partial charge in [-0.25, -0.2) is 0 Å². The maximum Gasteiger partial charge on any atom is 0.0462 e. The summed E-state index contributed by atoms with van der Waals surface area (Å²) in [4.78, 5) is 0. The quantitative estimate of drug-likeness (QED) is 0.625. The van der Waals surface area contributed by atoms with E-state index in [-0.39, 0.29) is 0 Å². The minimum atomic E-state index is 0.406. The van der Waals surface area contributed by atoms with E-state index in [1.807, 2.05) is 0 Å². The summed E-state index contributed by atoms with van der Waals surface area (Å²) in [6, 6.07) is 0. The number of aliphatic hydroxyl groups excluding tert-OH is 1. The van der Waals surface area contributed by atoms with E-state index in [1.54, 1.807) is 0 Å². The summed E-state index contributed by atoms with van der Waals surface area (Å²) in [6.07, 6.45) is 3.91. The molecular formula is C9H18O. The molecule has 0 aromatic carbocycles. The molecule has 10 heavy (non-hydrogen) atoms. The number of aliphatic hydroxyl groups is 1. The number of rotatable bonds is 2. The van der Waals surface area contributed by atoms with Gasteiger partial charge in [-0.15, -0.1) is 0 Å². The molecule has 1 saturated carbocycles. The van der Waals surface area contributed by atoms with Gasteiger partial charge in [0.1, 0.15) is 0 Å². The van der Waals surface area contributed by atoms with Gasteiger partial charge in [0.2, 0.25) is 0 Å². The maximum absolute atomic E-state index is 8.99. The summed E-state index contributed by atoms with van der Waals surface area (Å²) in [7, 11) is 0. The molecule has 0 heterocycles. The van der Waals surface area contributed by atoms with Gasteiger partial charge < -0.3 is 5.11 Å². The van der Waals surface area contributed by atoms with Crippen molar-refractivity contribution in [2.45, 2.75) is 33.1 Å². The van der Waals surface area contributed by atoms with E-state index in [0.29, 0.717) is 12.5 Å². The van der Waals surface area contributed by atoms with E-state index < -0.39 is 0 Å². The summed E-state index contributed by atoms with van der Waals surface area (Å²) < 4.78 is 0. The molecule has 1 rings (SSSR count). The molecule has 1 aliphatic rings. The highest BCUT2D eigenvalue weighted by Gasteiger charge is 2.28. The molecule has 0 amide bonds. The third kappa shape index (κ3) is 1.51. The lowest BCUT2D eigenvalue weighted by atomic mass is 9.87. The molecule has 60 valence electrons. The molecule has 0 bridgehead atoms. The molecule has 0 radical (unpaired) electrons. The topological polar surface area (TPSA) is 20.2 Å². The molecular weight excluding hydrogens is 124 g/mol. The second kappa shape index (κ2) is 3.38. The Morgan fingerprint density at radius 2 is 2.10 bits per heavy atom. The zero-order valence-corrected chi connectivity index (χ0v) is 7.01. The van der Waals surface area contributed by atoms with Gasteiger partial charge >= 0.3 is 0 Å². The van der Waals surface area contributed by atoms with Crippen LogP contribution in [-0.4, -0.2) is 11.7 Å². The van der Waals surface area contributed by atoms with Crippen molar-refractivity contribution in [3.8, 4) is 0 Å². The van der Waals surface area contributed by atoms with Crippen molar-refractivity contribution >= 4 is 0 Å².